The van der Waals surface area contributed by atoms with E-state index in [0.717, 1.165) is 6.42 Å². The number of rotatable bonds is 7. The van der Waals surface area contributed by atoms with E-state index in [1.165, 1.54) is 25.7 Å². The molecule has 78 valence electrons. The van der Waals surface area contributed by atoms with Crippen LogP contribution >= 0.6 is 0 Å². The van der Waals surface area contributed by atoms with Gasteiger partial charge in [-0.25, -0.2) is 0 Å². The summed E-state index contributed by atoms with van der Waals surface area (Å²) in [5.41, 5.74) is 0. The maximum Gasteiger partial charge on any atom is 0.0572 e. The molecular formula is C12H24O. The van der Waals surface area contributed by atoms with Gasteiger partial charge in [-0.1, -0.05) is 45.3 Å². The third-order valence-electron chi connectivity index (χ3n) is 2.42. The normalized spacial score (nSPS) is 16.3. The standard InChI is InChI=1S/C12H24O/c1-4-5-6-7-8-9-10-11(2)12(3)13/h9-13H,4-8H2,1-3H3/b10-9+/t11-,12+/m1/s1. The third-order valence-corrected chi connectivity index (χ3v) is 2.42. The van der Waals surface area contributed by atoms with Crippen LogP contribution in [0.3, 0.4) is 0 Å². The fourth-order valence-electron chi connectivity index (χ4n) is 1.16. The summed E-state index contributed by atoms with van der Waals surface area (Å²) < 4.78 is 0. The van der Waals surface area contributed by atoms with Gasteiger partial charge in [0.15, 0.2) is 0 Å². The van der Waals surface area contributed by atoms with E-state index in [1.807, 2.05) is 13.8 Å². The number of hydrogen-bond donors (Lipinski definition) is 1. The van der Waals surface area contributed by atoms with Gasteiger partial charge in [-0.2, -0.15) is 0 Å². The molecule has 0 heterocycles. The largest absolute Gasteiger partial charge is 0.393 e. The maximum atomic E-state index is 9.21. The van der Waals surface area contributed by atoms with Crippen molar-refractivity contribution < 1.29 is 5.11 Å². The van der Waals surface area contributed by atoms with Crippen molar-refractivity contribution in [2.45, 2.75) is 59.0 Å². The van der Waals surface area contributed by atoms with E-state index < -0.39 is 0 Å². The molecule has 0 aromatic rings. The smallest absolute Gasteiger partial charge is 0.0572 e. The first-order valence-corrected chi connectivity index (χ1v) is 5.53. The zero-order chi connectivity index (χ0) is 10.1. The van der Waals surface area contributed by atoms with Crippen LogP contribution in [-0.4, -0.2) is 11.2 Å². The first-order valence-electron chi connectivity index (χ1n) is 5.53. The average Bonchev–Trinajstić information content (AvgIpc) is 2.10. The quantitative estimate of drug-likeness (QED) is 0.474. The van der Waals surface area contributed by atoms with Gasteiger partial charge in [0.1, 0.15) is 0 Å². The molecule has 0 rings (SSSR count). The molecule has 0 fully saturated rings. The second-order valence-electron chi connectivity index (χ2n) is 3.88. The Kier molecular flexibility index (Phi) is 8.11. The number of aliphatic hydroxyl groups excluding tert-OH is 1. The zero-order valence-electron chi connectivity index (χ0n) is 9.29. The van der Waals surface area contributed by atoms with Gasteiger partial charge in [0.2, 0.25) is 0 Å². The highest BCUT2D eigenvalue weighted by atomic mass is 16.3. The van der Waals surface area contributed by atoms with E-state index in [0.29, 0.717) is 5.92 Å². The van der Waals surface area contributed by atoms with Crippen LogP contribution in [0, 0.1) is 5.92 Å². The molecular weight excluding hydrogens is 160 g/mol. The minimum Gasteiger partial charge on any atom is -0.393 e. The summed E-state index contributed by atoms with van der Waals surface area (Å²) in [5, 5.41) is 9.21. The SMILES string of the molecule is CCCCCC/C=C/[C@@H](C)[C@H](C)O. The van der Waals surface area contributed by atoms with Crippen LogP contribution in [0.1, 0.15) is 52.9 Å². The van der Waals surface area contributed by atoms with Gasteiger partial charge in [0, 0.05) is 0 Å². The van der Waals surface area contributed by atoms with Crippen LogP contribution in [-0.2, 0) is 0 Å². The van der Waals surface area contributed by atoms with E-state index in [-0.39, 0.29) is 6.10 Å². The van der Waals surface area contributed by atoms with Crippen molar-refractivity contribution in [3.63, 3.8) is 0 Å². The highest BCUT2D eigenvalue weighted by Crippen LogP contribution is 2.07. The number of hydrogen-bond acceptors (Lipinski definition) is 1. The van der Waals surface area contributed by atoms with E-state index >= 15 is 0 Å². The Morgan fingerprint density at radius 3 is 2.38 bits per heavy atom. The summed E-state index contributed by atoms with van der Waals surface area (Å²) in [7, 11) is 0. The molecule has 0 saturated carbocycles. The van der Waals surface area contributed by atoms with Gasteiger partial charge in [-0.05, 0) is 25.7 Å². The molecule has 13 heavy (non-hydrogen) atoms. The highest BCUT2D eigenvalue weighted by Gasteiger charge is 2.02. The van der Waals surface area contributed by atoms with Crippen molar-refractivity contribution >= 4 is 0 Å². The second kappa shape index (κ2) is 8.31. The first kappa shape index (κ1) is 12.7. The van der Waals surface area contributed by atoms with Crippen LogP contribution in [0.2, 0.25) is 0 Å². The van der Waals surface area contributed by atoms with Crippen LogP contribution in [0.4, 0.5) is 0 Å². The third kappa shape index (κ3) is 8.04. The molecule has 0 aliphatic carbocycles. The maximum absolute atomic E-state index is 9.21. The Hall–Kier alpha value is -0.300. The summed E-state index contributed by atoms with van der Waals surface area (Å²) in [6.07, 6.45) is 10.5. The Morgan fingerprint density at radius 1 is 1.15 bits per heavy atom. The summed E-state index contributed by atoms with van der Waals surface area (Å²) in [4.78, 5) is 0. The molecule has 1 heteroatoms. The summed E-state index contributed by atoms with van der Waals surface area (Å²) >= 11 is 0. The minimum absolute atomic E-state index is 0.216. The molecule has 0 amide bonds. The minimum atomic E-state index is -0.216. The van der Waals surface area contributed by atoms with Gasteiger partial charge in [0.25, 0.3) is 0 Å². The lowest BCUT2D eigenvalue weighted by Gasteiger charge is -2.08. The number of allylic oxidation sites excluding steroid dienone is 1. The number of unbranched alkanes of at least 4 members (excludes halogenated alkanes) is 4. The van der Waals surface area contributed by atoms with Crippen LogP contribution in [0.25, 0.3) is 0 Å². The van der Waals surface area contributed by atoms with Crippen LogP contribution in [0.5, 0.6) is 0 Å². The molecule has 0 saturated heterocycles. The van der Waals surface area contributed by atoms with Crippen molar-refractivity contribution in [2.75, 3.05) is 0 Å². The van der Waals surface area contributed by atoms with E-state index in [2.05, 4.69) is 19.1 Å². The molecule has 0 aliphatic rings. The number of aliphatic hydroxyl groups is 1. The van der Waals surface area contributed by atoms with Gasteiger partial charge < -0.3 is 5.11 Å². The Bertz CT molecular complexity index is 127. The molecule has 1 nitrogen and oxygen atoms in total. The summed E-state index contributed by atoms with van der Waals surface area (Å²) in [6.45, 7) is 6.12. The molecule has 0 aliphatic heterocycles. The Morgan fingerprint density at radius 2 is 1.85 bits per heavy atom. The lowest BCUT2D eigenvalue weighted by Crippen LogP contribution is -2.09. The van der Waals surface area contributed by atoms with Gasteiger partial charge in [0.05, 0.1) is 6.10 Å². The monoisotopic (exact) mass is 184 g/mol. The molecule has 0 aromatic carbocycles. The first-order chi connectivity index (χ1) is 6.18. The highest BCUT2D eigenvalue weighted by molar-refractivity contribution is 4.88. The lowest BCUT2D eigenvalue weighted by atomic mass is 10.0. The van der Waals surface area contributed by atoms with Crippen molar-refractivity contribution in [1.29, 1.82) is 0 Å². The fraction of sp³-hybridized carbons (Fsp3) is 0.833. The second-order valence-corrected chi connectivity index (χ2v) is 3.88. The van der Waals surface area contributed by atoms with Gasteiger partial charge in [-0.15, -0.1) is 0 Å². The van der Waals surface area contributed by atoms with Crippen LogP contribution in [0.15, 0.2) is 12.2 Å². The van der Waals surface area contributed by atoms with Gasteiger partial charge in [-0.3, -0.25) is 0 Å². The molecule has 0 radical (unpaired) electrons. The van der Waals surface area contributed by atoms with E-state index in [1.54, 1.807) is 0 Å². The lowest BCUT2D eigenvalue weighted by molar-refractivity contribution is 0.157. The van der Waals surface area contributed by atoms with Crippen molar-refractivity contribution in [3.05, 3.63) is 12.2 Å². The van der Waals surface area contributed by atoms with Gasteiger partial charge >= 0.3 is 0 Å². The van der Waals surface area contributed by atoms with Crippen molar-refractivity contribution in [1.82, 2.24) is 0 Å². The molecule has 0 bridgehead atoms. The molecule has 0 spiro atoms. The molecule has 1 N–H and O–H groups in total. The predicted molar refractivity (Wildman–Crippen MR) is 58.7 cm³/mol. The topological polar surface area (TPSA) is 20.2 Å². The van der Waals surface area contributed by atoms with E-state index in [9.17, 15) is 5.11 Å². The Labute approximate surface area is 82.9 Å². The fourth-order valence-corrected chi connectivity index (χ4v) is 1.16. The van der Waals surface area contributed by atoms with Crippen LogP contribution < -0.4 is 0 Å². The molecule has 2 atom stereocenters. The average molecular weight is 184 g/mol. The van der Waals surface area contributed by atoms with Crippen molar-refractivity contribution in [3.8, 4) is 0 Å². The summed E-state index contributed by atoms with van der Waals surface area (Å²) in [5.74, 6) is 0.297. The molecule has 0 unspecified atom stereocenters. The van der Waals surface area contributed by atoms with E-state index in [4.69, 9.17) is 0 Å². The summed E-state index contributed by atoms with van der Waals surface area (Å²) in [6, 6.07) is 0. The predicted octanol–water partition coefficient (Wildman–Crippen LogP) is 3.53. The van der Waals surface area contributed by atoms with Crippen molar-refractivity contribution in [2.24, 2.45) is 5.92 Å². The Balaban J connectivity index is 3.30. The molecule has 0 aromatic heterocycles. The zero-order valence-corrected chi connectivity index (χ0v) is 9.29.